The maximum absolute atomic E-state index is 11.9. The average molecular weight is 240 g/mol. The monoisotopic (exact) mass is 240 g/mol. The van der Waals surface area contributed by atoms with Crippen LogP contribution in [-0.4, -0.2) is 40.5 Å². The Kier molecular flexibility index (Phi) is 3.31. The molecular weight excluding hydrogens is 224 g/mol. The maximum Gasteiger partial charge on any atom is 0.414 e. The second kappa shape index (κ2) is 4.73. The van der Waals surface area contributed by atoms with Gasteiger partial charge in [-0.15, -0.1) is 0 Å². The van der Waals surface area contributed by atoms with Gasteiger partial charge >= 0.3 is 6.09 Å². The van der Waals surface area contributed by atoms with Gasteiger partial charge < -0.3 is 10.4 Å². The Bertz CT molecular complexity index is 351. The average Bonchev–Trinajstić information content (AvgIpc) is 3.07. The third-order valence-electron chi connectivity index (χ3n) is 3.19. The number of amides is 3. The lowest BCUT2D eigenvalue weighted by Gasteiger charge is -2.25. The molecule has 1 saturated heterocycles. The van der Waals surface area contributed by atoms with E-state index in [-0.39, 0.29) is 11.8 Å². The highest BCUT2D eigenvalue weighted by atomic mass is 16.4. The Hall–Kier alpha value is -1.59. The van der Waals surface area contributed by atoms with Crippen LogP contribution in [0.5, 0.6) is 0 Å². The van der Waals surface area contributed by atoms with E-state index in [4.69, 9.17) is 5.11 Å². The van der Waals surface area contributed by atoms with E-state index >= 15 is 0 Å². The number of hydrogen-bond donors (Lipinski definition) is 2. The van der Waals surface area contributed by atoms with Crippen LogP contribution in [0.25, 0.3) is 0 Å². The first-order valence-electron chi connectivity index (χ1n) is 5.95. The van der Waals surface area contributed by atoms with Crippen LogP contribution < -0.4 is 5.32 Å². The largest absolute Gasteiger partial charge is 0.465 e. The van der Waals surface area contributed by atoms with Gasteiger partial charge in [0.05, 0.1) is 0 Å². The summed E-state index contributed by atoms with van der Waals surface area (Å²) in [5, 5.41) is 11.8. The minimum absolute atomic E-state index is 0.192. The van der Waals surface area contributed by atoms with Gasteiger partial charge in [0.25, 0.3) is 0 Å². The van der Waals surface area contributed by atoms with E-state index < -0.39 is 18.0 Å². The highest BCUT2D eigenvalue weighted by Crippen LogP contribution is 2.32. The van der Waals surface area contributed by atoms with Gasteiger partial charge in [-0.25, -0.2) is 9.69 Å². The molecule has 2 fully saturated rings. The van der Waals surface area contributed by atoms with Gasteiger partial charge in [0, 0.05) is 12.5 Å². The molecule has 1 aliphatic carbocycles. The van der Waals surface area contributed by atoms with Crippen molar-refractivity contribution in [3.8, 4) is 0 Å². The van der Waals surface area contributed by atoms with Crippen molar-refractivity contribution < 1.29 is 19.5 Å². The number of carboxylic acid groups (broad SMARTS) is 1. The predicted octanol–water partition coefficient (Wildman–Crippen LogP) is 0.572. The summed E-state index contributed by atoms with van der Waals surface area (Å²) in [6, 6.07) is -0.844. The van der Waals surface area contributed by atoms with Gasteiger partial charge in [-0.2, -0.15) is 0 Å². The highest BCUT2D eigenvalue weighted by molar-refractivity contribution is 5.99. The molecule has 94 valence electrons. The van der Waals surface area contributed by atoms with E-state index in [1.165, 1.54) is 0 Å². The Morgan fingerprint density at radius 2 is 1.94 bits per heavy atom. The molecule has 17 heavy (non-hydrogen) atoms. The number of nitrogens with one attached hydrogen (secondary N) is 1. The second-order valence-corrected chi connectivity index (χ2v) is 4.57. The topological polar surface area (TPSA) is 86.7 Å². The third-order valence-corrected chi connectivity index (χ3v) is 3.19. The van der Waals surface area contributed by atoms with Crippen molar-refractivity contribution in [2.24, 2.45) is 5.92 Å². The van der Waals surface area contributed by atoms with Gasteiger partial charge in [-0.1, -0.05) is 0 Å². The van der Waals surface area contributed by atoms with Crippen LogP contribution in [0.4, 0.5) is 4.79 Å². The lowest BCUT2D eigenvalue weighted by atomic mass is 10.1. The minimum Gasteiger partial charge on any atom is -0.465 e. The van der Waals surface area contributed by atoms with E-state index in [0.29, 0.717) is 13.0 Å². The van der Waals surface area contributed by atoms with Crippen molar-refractivity contribution in [3.63, 3.8) is 0 Å². The van der Waals surface area contributed by atoms with Crippen molar-refractivity contribution in [1.82, 2.24) is 10.2 Å². The van der Waals surface area contributed by atoms with Crippen LogP contribution in [0.3, 0.4) is 0 Å². The van der Waals surface area contributed by atoms with Crippen molar-refractivity contribution in [2.45, 2.75) is 38.1 Å². The Labute approximate surface area is 99.0 Å². The number of rotatable bonds is 2. The minimum atomic E-state index is -1.32. The van der Waals surface area contributed by atoms with Crippen molar-refractivity contribution >= 4 is 17.9 Å². The number of carbonyl (C=O) groups excluding carboxylic acids is 2. The van der Waals surface area contributed by atoms with E-state index in [9.17, 15) is 14.4 Å². The van der Waals surface area contributed by atoms with E-state index in [1.807, 2.05) is 0 Å². The molecule has 0 radical (unpaired) electrons. The summed E-state index contributed by atoms with van der Waals surface area (Å²) in [6.45, 7) is 0.556. The first-order chi connectivity index (χ1) is 8.11. The molecule has 3 amide bonds. The first-order valence-corrected chi connectivity index (χ1v) is 5.95. The summed E-state index contributed by atoms with van der Waals surface area (Å²) < 4.78 is 0. The lowest BCUT2D eigenvalue weighted by molar-refractivity contribution is -0.139. The molecule has 1 heterocycles. The van der Waals surface area contributed by atoms with Gasteiger partial charge in [0.15, 0.2) is 0 Å². The lowest BCUT2D eigenvalue weighted by Crippen LogP contribution is -2.51. The molecule has 0 bridgehead atoms. The molecule has 0 aromatic carbocycles. The van der Waals surface area contributed by atoms with Crippen LogP contribution in [0.15, 0.2) is 0 Å². The predicted molar refractivity (Wildman–Crippen MR) is 58.2 cm³/mol. The molecule has 1 aliphatic heterocycles. The summed E-state index contributed by atoms with van der Waals surface area (Å²) in [5.41, 5.74) is 0. The first kappa shape index (κ1) is 11.9. The zero-order chi connectivity index (χ0) is 12.4. The zero-order valence-electron chi connectivity index (χ0n) is 9.52. The molecule has 0 aromatic rings. The molecular formula is C11H16N2O4. The third kappa shape index (κ3) is 2.57. The van der Waals surface area contributed by atoms with Crippen LogP contribution in [0.2, 0.25) is 0 Å². The normalized spacial score (nSPS) is 24.7. The summed E-state index contributed by atoms with van der Waals surface area (Å²) in [6.07, 6.45) is 2.16. The summed E-state index contributed by atoms with van der Waals surface area (Å²) in [4.78, 5) is 35.5. The van der Waals surface area contributed by atoms with E-state index in [0.717, 1.165) is 30.6 Å². The Balaban J connectivity index is 2.15. The number of hydrogen-bond acceptors (Lipinski definition) is 3. The van der Waals surface area contributed by atoms with E-state index in [2.05, 4.69) is 5.32 Å². The molecule has 0 aromatic heterocycles. The van der Waals surface area contributed by atoms with Crippen LogP contribution in [0, 0.1) is 5.92 Å². The fourth-order valence-corrected chi connectivity index (χ4v) is 2.08. The van der Waals surface area contributed by atoms with Gasteiger partial charge in [-0.3, -0.25) is 9.59 Å². The molecule has 0 spiro atoms. The van der Waals surface area contributed by atoms with Gasteiger partial charge in [0.1, 0.15) is 6.04 Å². The van der Waals surface area contributed by atoms with E-state index in [1.54, 1.807) is 0 Å². The molecule has 1 atom stereocenters. The molecule has 2 aliphatic rings. The summed E-state index contributed by atoms with van der Waals surface area (Å²) >= 11 is 0. The number of carbonyl (C=O) groups is 3. The fourth-order valence-electron chi connectivity index (χ4n) is 2.08. The molecule has 1 saturated carbocycles. The van der Waals surface area contributed by atoms with Crippen molar-refractivity contribution in [2.75, 3.05) is 6.54 Å². The molecule has 1 unspecified atom stereocenters. The SMILES string of the molecule is O=C1NCCCCC1N(C(=O)O)C(=O)C1CC1. The van der Waals surface area contributed by atoms with Gasteiger partial charge in [0.2, 0.25) is 11.8 Å². The summed E-state index contributed by atoms with van der Waals surface area (Å²) in [7, 11) is 0. The van der Waals surface area contributed by atoms with Crippen LogP contribution in [0.1, 0.15) is 32.1 Å². The quantitative estimate of drug-likeness (QED) is 0.738. The molecule has 6 heteroatoms. The van der Waals surface area contributed by atoms with Gasteiger partial charge in [-0.05, 0) is 32.1 Å². The van der Waals surface area contributed by atoms with Crippen molar-refractivity contribution in [1.29, 1.82) is 0 Å². The second-order valence-electron chi connectivity index (χ2n) is 4.57. The van der Waals surface area contributed by atoms with Crippen LogP contribution in [-0.2, 0) is 9.59 Å². The molecule has 2 rings (SSSR count). The Morgan fingerprint density at radius 3 is 2.53 bits per heavy atom. The number of nitrogens with zero attached hydrogens (tertiary/aromatic N) is 1. The Morgan fingerprint density at radius 1 is 1.24 bits per heavy atom. The molecule has 6 nitrogen and oxygen atoms in total. The highest BCUT2D eigenvalue weighted by Gasteiger charge is 2.42. The van der Waals surface area contributed by atoms with Crippen molar-refractivity contribution in [3.05, 3.63) is 0 Å². The number of imide groups is 1. The standard InChI is InChI=1S/C11H16N2O4/c14-9-8(3-1-2-6-12-9)13(11(16)17)10(15)7-4-5-7/h7-8H,1-6H2,(H,12,14)(H,16,17). The zero-order valence-corrected chi connectivity index (χ0v) is 9.52. The van der Waals surface area contributed by atoms with Crippen LogP contribution >= 0.6 is 0 Å². The summed E-state index contributed by atoms with van der Waals surface area (Å²) in [5.74, 6) is -0.958. The smallest absolute Gasteiger partial charge is 0.414 e. The maximum atomic E-state index is 11.9. The fraction of sp³-hybridized carbons (Fsp3) is 0.727. The molecule has 2 N–H and O–H groups in total.